The largest absolute Gasteiger partial charge is 0.492 e. The fraction of sp³-hybridized carbons (Fsp3) is 0.292. The molecule has 2 aromatic heterocycles. The Morgan fingerprint density at radius 3 is 2.76 bits per heavy atom. The summed E-state index contributed by atoms with van der Waals surface area (Å²) in [5, 5.41) is 1.16. The number of aromatic nitrogens is 3. The van der Waals surface area contributed by atoms with Crippen molar-refractivity contribution >= 4 is 39.9 Å². The Balaban J connectivity index is 1.39. The summed E-state index contributed by atoms with van der Waals surface area (Å²) in [7, 11) is 2.15. The van der Waals surface area contributed by atoms with Crippen LogP contribution in [0.3, 0.4) is 0 Å². The summed E-state index contributed by atoms with van der Waals surface area (Å²) in [6.45, 7) is 5.81. The molecule has 0 spiro atoms. The molecule has 1 aliphatic rings. The van der Waals surface area contributed by atoms with Gasteiger partial charge in [0.25, 0.3) is 5.91 Å². The number of ether oxygens (including phenoxy) is 1. The van der Waals surface area contributed by atoms with Crippen molar-refractivity contribution in [3.05, 3.63) is 58.7 Å². The summed E-state index contributed by atoms with van der Waals surface area (Å²) in [6, 6.07) is 13.0. The van der Waals surface area contributed by atoms with Crippen molar-refractivity contribution in [2.45, 2.75) is 0 Å². The minimum absolute atomic E-state index is 0.374. The molecule has 34 heavy (non-hydrogen) atoms. The van der Waals surface area contributed by atoms with Gasteiger partial charge in [-0.15, -0.1) is 0 Å². The van der Waals surface area contributed by atoms with Gasteiger partial charge >= 0.3 is 0 Å². The van der Waals surface area contributed by atoms with E-state index in [1.807, 2.05) is 34.9 Å². The number of hydrogen-bond acceptors (Lipinski definition) is 7. The standard InChI is InChI=1S/C24H25ClN6O2S/c1-29-7-9-30(10-8-29)11-12-33-18-5-6-19-20(14-18)31(15-27-19)24-28-21(22(34-24)23(26)32)16-3-2-4-17(25)13-16/h2-6,13-15H,7-12H2,1H3,(H2,26,32). The van der Waals surface area contributed by atoms with Crippen molar-refractivity contribution in [3.8, 4) is 22.1 Å². The molecule has 8 nitrogen and oxygen atoms in total. The van der Waals surface area contributed by atoms with E-state index in [1.165, 1.54) is 11.3 Å². The topological polar surface area (TPSA) is 89.5 Å². The van der Waals surface area contributed by atoms with Gasteiger partial charge in [-0.3, -0.25) is 14.3 Å². The highest BCUT2D eigenvalue weighted by atomic mass is 35.5. The first kappa shape index (κ1) is 22.8. The third-order valence-corrected chi connectivity index (χ3v) is 7.24. The van der Waals surface area contributed by atoms with E-state index in [4.69, 9.17) is 27.1 Å². The highest BCUT2D eigenvalue weighted by Gasteiger charge is 2.20. The quantitative estimate of drug-likeness (QED) is 0.421. The second kappa shape index (κ2) is 9.71. The van der Waals surface area contributed by atoms with Crippen LogP contribution in [0, 0.1) is 0 Å². The number of thiazole rings is 1. The zero-order chi connectivity index (χ0) is 23.7. The number of likely N-dealkylation sites (N-methyl/N-ethyl adjacent to an activating group) is 1. The molecule has 3 heterocycles. The Kier molecular flexibility index (Phi) is 6.51. The molecular weight excluding hydrogens is 472 g/mol. The van der Waals surface area contributed by atoms with E-state index in [1.54, 1.807) is 18.5 Å². The molecule has 0 radical (unpaired) electrons. The number of hydrogen-bond donors (Lipinski definition) is 1. The molecule has 0 saturated carbocycles. The van der Waals surface area contributed by atoms with Crippen molar-refractivity contribution in [1.29, 1.82) is 0 Å². The highest BCUT2D eigenvalue weighted by molar-refractivity contribution is 7.16. The normalized spacial score (nSPS) is 15.1. The molecule has 1 fully saturated rings. The van der Waals surface area contributed by atoms with Gasteiger partial charge in [-0.2, -0.15) is 0 Å². The average Bonchev–Trinajstić information content (AvgIpc) is 3.45. The summed E-state index contributed by atoms with van der Waals surface area (Å²) in [5.74, 6) is 0.237. The van der Waals surface area contributed by atoms with Crippen LogP contribution in [0.4, 0.5) is 0 Å². The van der Waals surface area contributed by atoms with Crippen LogP contribution in [0.25, 0.3) is 27.4 Å². The number of nitrogens with two attached hydrogens (primary N) is 1. The zero-order valence-electron chi connectivity index (χ0n) is 18.8. The number of halogens is 1. The molecule has 0 aliphatic carbocycles. The summed E-state index contributed by atoms with van der Waals surface area (Å²) in [5.41, 5.74) is 8.57. The van der Waals surface area contributed by atoms with Crippen LogP contribution in [-0.2, 0) is 0 Å². The summed E-state index contributed by atoms with van der Waals surface area (Å²) in [4.78, 5) is 26.5. The lowest BCUT2D eigenvalue weighted by atomic mass is 10.1. The number of imidazole rings is 1. The van der Waals surface area contributed by atoms with Crippen molar-refractivity contribution in [2.75, 3.05) is 46.4 Å². The predicted octanol–water partition coefficient (Wildman–Crippen LogP) is 3.53. The number of benzene rings is 2. The molecule has 1 amide bonds. The van der Waals surface area contributed by atoms with Crippen molar-refractivity contribution < 1.29 is 9.53 Å². The number of piperazine rings is 1. The monoisotopic (exact) mass is 496 g/mol. The number of carbonyl (C=O) groups excluding carboxylic acids is 1. The van der Waals surface area contributed by atoms with Crippen molar-refractivity contribution in [2.24, 2.45) is 5.73 Å². The molecule has 2 N–H and O–H groups in total. The third-order valence-electron chi connectivity index (χ3n) is 5.93. The van der Waals surface area contributed by atoms with Crippen LogP contribution in [0.5, 0.6) is 5.75 Å². The molecule has 0 bridgehead atoms. The van der Waals surface area contributed by atoms with Crippen LogP contribution in [0.15, 0.2) is 48.8 Å². The zero-order valence-corrected chi connectivity index (χ0v) is 20.3. The number of primary amides is 1. The highest BCUT2D eigenvalue weighted by Crippen LogP contribution is 2.33. The maximum atomic E-state index is 12.2. The molecule has 5 rings (SSSR count). The molecule has 0 atom stereocenters. The third kappa shape index (κ3) is 4.78. The Morgan fingerprint density at radius 2 is 2.00 bits per heavy atom. The first-order valence-corrected chi connectivity index (χ1v) is 12.2. The van der Waals surface area contributed by atoms with Gasteiger partial charge in [0.1, 0.15) is 23.6 Å². The van der Waals surface area contributed by atoms with E-state index < -0.39 is 5.91 Å². The number of nitrogens with zero attached hydrogens (tertiary/aromatic N) is 5. The fourth-order valence-electron chi connectivity index (χ4n) is 4.00. The van der Waals surface area contributed by atoms with Gasteiger partial charge in [-0.1, -0.05) is 35.1 Å². The number of rotatable bonds is 7. The minimum Gasteiger partial charge on any atom is -0.492 e. The van der Waals surface area contributed by atoms with E-state index in [0.717, 1.165) is 55.1 Å². The molecule has 176 valence electrons. The molecule has 10 heteroatoms. The number of amides is 1. The number of carbonyl (C=O) groups is 1. The Morgan fingerprint density at radius 1 is 1.18 bits per heavy atom. The van der Waals surface area contributed by atoms with Crippen LogP contribution in [-0.4, -0.2) is 76.6 Å². The summed E-state index contributed by atoms with van der Waals surface area (Å²) in [6.07, 6.45) is 1.70. The summed E-state index contributed by atoms with van der Waals surface area (Å²) >= 11 is 7.38. The van der Waals surface area contributed by atoms with Crippen molar-refractivity contribution in [1.82, 2.24) is 24.3 Å². The van der Waals surface area contributed by atoms with Gasteiger partial charge in [-0.25, -0.2) is 9.97 Å². The maximum absolute atomic E-state index is 12.2. The van der Waals surface area contributed by atoms with Gasteiger partial charge in [0.05, 0.1) is 16.7 Å². The SMILES string of the molecule is CN1CCN(CCOc2ccc3ncn(-c4nc(-c5cccc(Cl)c5)c(C(N)=O)s4)c3c2)CC1. The fourth-order valence-corrected chi connectivity index (χ4v) is 5.12. The molecular formula is C24H25ClN6O2S. The van der Waals surface area contributed by atoms with Crippen LogP contribution in [0.1, 0.15) is 9.67 Å². The Bertz CT molecular complexity index is 1330. The van der Waals surface area contributed by atoms with E-state index in [0.29, 0.717) is 27.3 Å². The van der Waals surface area contributed by atoms with Gasteiger partial charge in [-0.05, 0) is 31.3 Å². The smallest absolute Gasteiger partial charge is 0.261 e. The molecule has 1 aliphatic heterocycles. The molecule has 2 aromatic carbocycles. The van der Waals surface area contributed by atoms with Crippen LogP contribution >= 0.6 is 22.9 Å². The lowest BCUT2D eigenvalue weighted by Gasteiger charge is -2.32. The molecule has 1 saturated heterocycles. The maximum Gasteiger partial charge on any atom is 0.261 e. The van der Waals surface area contributed by atoms with Gasteiger partial charge in [0.15, 0.2) is 5.13 Å². The minimum atomic E-state index is -0.531. The Hall–Kier alpha value is -2.98. The Labute approximate surface area is 206 Å². The van der Waals surface area contributed by atoms with Crippen LogP contribution < -0.4 is 10.5 Å². The van der Waals surface area contributed by atoms with Crippen LogP contribution in [0.2, 0.25) is 5.02 Å². The number of fused-ring (bicyclic) bond motifs is 1. The second-order valence-electron chi connectivity index (χ2n) is 8.31. The first-order chi connectivity index (χ1) is 16.5. The van der Waals surface area contributed by atoms with E-state index in [9.17, 15) is 4.79 Å². The van der Waals surface area contributed by atoms with Crippen molar-refractivity contribution in [3.63, 3.8) is 0 Å². The lowest BCUT2D eigenvalue weighted by Crippen LogP contribution is -2.45. The van der Waals surface area contributed by atoms with E-state index >= 15 is 0 Å². The van der Waals surface area contributed by atoms with Gasteiger partial charge in [0, 0.05) is 49.4 Å². The predicted molar refractivity (Wildman–Crippen MR) is 135 cm³/mol. The first-order valence-electron chi connectivity index (χ1n) is 11.1. The summed E-state index contributed by atoms with van der Waals surface area (Å²) < 4.78 is 7.91. The van der Waals surface area contributed by atoms with Gasteiger partial charge in [0.2, 0.25) is 0 Å². The van der Waals surface area contributed by atoms with E-state index in [-0.39, 0.29) is 0 Å². The van der Waals surface area contributed by atoms with E-state index in [2.05, 4.69) is 21.8 Å². The lowest BCUT2D eigenvalue weighted by molar-refractivity contribution is 0.100. The second-order valence-corrected chi connectivity index (χ2v) is 9.72. The van der Waals surface area contributed by atoms with Gasteiger partial charge < -0.3 is 15.4 Å². The average molecular weight is 497 g/mol. The molecule has 0 unspecified atom stereocenters. The molecule has 4 aromatic rings.